The van der Waals surface area contributed by atoms with Gasteiger partial charge in [0.05, 0.1) is 15.1 Å². The smallest absolute Gasteiger partial charge is 0.270 e. The molecule has 2 heterocycles. The molecule has 1 aliphatic heterocycles. The number of aromatic nitrogens is 1. The van der Waals surface area contributed by atoms with Crippen molar-refractivity contribution in [1.29, 1.82) is 0 Å². The van der Waals surface area contributed by atoms with Crippen LogP contribution in [0.25, 0.3) is 10.2 Å². The van der Waals surface area contributed by atoms with Gasteiger partial charge >= 0.3 is 0 Å². The number of hydrogen-bond donors (Lipinski definition) is 0. The number of aryl methyl sites for hydroxylation is 1. The molecule has 0 bridgehead atoms. The highest BCUT2D eigenvalue weighted by molar-refractivity contribution is 7.22. The minimum absolute atomic E-state index is 0.0642. The number of non-ortho nitro benzene ring substituents is 1. The fourth-order valence-corrected chi connectivity index (χ4v) is 4.52. The number of para-hydroxylation sites is 1. The molecule has 4 rings (SSSR count). The number of rotatable bonds is 4. The maximum atomic E-state index is 12.7. The first kappa shape index (κ1) is 18.4. The van der Waals surface area contributed by atoms with Crippen molar-refractivity contribution in [3.63, 3.8) is 0 Å². The largest absolute Gasteiger partial charge is 0.345 e. The van der Waals surface area contributed by atoms with Gasteiger partial charge in [-0.3, -0.25) is 14.9 Å². The van der Waals surface area contributed by atoms with Crippen molar-refractivity contribution in [3.8, 4) is 0 Å². The molecule has 8 heteroatoms. The summed E-state index contributed by atoms with van der Waals surface area (Å²) in [6.45, 7) is 4.66. The fraction of sp³-hybridized carbons (Fsp3) is 0.300. The van der Waals surface area contributed by atoms with Crippen LogP contribution in [0.5, 0.6) is 0 Å². The molecule has 1 aromatic heterocycles. The molecule has 0 atom stereocenters. The lowest BCUT2D eigenvalue weighted by Gasteiger charge is -2.34. The van der Waals surface area contributed by atoms with Gasteiger partial charge in [-0.2, -0.15) is 0 Å². The number of thiazole rings is 1. The van der Waals surface area contributed by atoms with Gasteiger partial charge in [-0.25, -0.2) is 4.98 Å². The van der Waals surface area contributed by atoms with Crippen molar-refractivity contribution in [2.45, 2.75) is 13.3 Å². The highest BCUT2D eigenvalue weighted by Crippen LogP contribution is 2.31. The average molecular weight is 396 g/mol. The lowest BCUT2D eigenvalue weighted by Crippen LogP contribution is -2.48. The normalized spacial score (nSPS) is 14.5. The summed E-state index contributed by atoms with van der Waals surface area (Å²) in [7, 11) is 0. The predicted octanol–water partition coefficient (Wildman–Crippen LogP) is 3.73. The molecule has 7 nitrogen and oxygen atoms in total. The Morgan fingerprint density at radius 2 is 1.93 bits per heavy atom. The van der Waals surface area contributed by atoms with Gasteiger partial charge in [0.2, 0.25) is 0 Å². The summed E-state index contributed by atoms with van der Waals surface area (Å²) in [5.74, 6) is -0.166. The molecule has 28 heavy (non-hydrogen) atoms. The van der Waals surface area contributed by atoms with E-state index < -0.39 is 4.92 Å². The molecule has 1 saturated heterocycles. The number of carbonyl (C=O) groups is 1. The molecule has 0 aliphatic carbocycles. The Bertz CT molecular complexity index is 1040. The van der Waals surface area contributed by atoms with Gasteiger partial charge in [0.1, 0.15) is 0 Å². The topological polar surface area (TPSA) is 79.6 Å². The predicted molar refractivity (Wildman–Crippen MR) is 110 cm³/mol. The molecule has 144 valence electrons. The Labute approximate surface area is 166 Å². The molecule has 0 N–H and O–H groups in total. The molecular formula is C20H20N4O3S. The van der Waals surface area contributed by atoms with Gasteiger partial charge in [-0.05, 0) is 24.1 Å². The van der Waals surface area contributed by atoms with Crippen LogP contribution in [0.15, 0.2) is 42.5 Å². The monoisotopic (exact) mass is 396 g/mol. The zero-order chi connectivity index (χ0) is 19.7. The Balaban J connectivity index is 1.47. The van der Waals surface area contributed by atoms with E-state index in [1.807, 2.05) is 0 Å². The molecule has 1 fully saturated rings. The average Bonchev–Trinajstić information content (AvgIpc) is 3.18. The lowest BCUT2D eigenvalue weighted by molar-refractivity contribution is -0.384. The number of nitrogens with zero attached hydrogens (tertiary/aromatic N) is 4. The Morgan fingerprint density at radius 1 is 1.18 bits per heavy atom. The maximum absolute atomic E-state index is 12.7. The SMILES string of the molecule is CCc1cccc2sc(N3CCN(C(=O)c4cccc([N+](=O)[O-])c4)CC3)nc12. The van der Waals surface area contributed by atoms with Gasteiger partial charge in [0, 0.05) is 43.9 Å². The number of fused-ring (bicyclic) bond motifs is 1. The second-order valence-electron chi connectivity index (χ2n) is 6.70. The van der Waals surface area contributed by atoms with Crippen LogP contribution >= 0.6 is 11.3 Å². The molecule has 2 aromatic carbocycles. The number of nitro benzene ring substituents is 1. The van der Waals surface area contributed by atoms with Crippen molar-refractivity contribution in [3.05, 3.63) is 63.7 Å². The van der Waals surface area contributed by atoms with E-state index in [1.54, 1.807) is 28.4 Å². The lowest BCUT2D eigenvalue weighted by atomic mass is 10.1. The standard InChI is InChI=1S/C20H20N4O3S/c1-2-14-5-4-8-17-18(14)21-20(28-17)23-11-9-22(10-12-23)19(25)15-6-3-7-16(13-15)24(26)27/h3-8,13H,2,9-12H2,1H3. The van der Waals surface area contributed by atoms with Gasteiger partial charge < -0.3 is 9.80 Å². The van der Waals surface area contributed by atoms with Crippen LogP contribution in [0, 0.1) is 10.1 Å². The highest BCUT2D eigenvalue weighted by atomic mass is 32.1. The van der Waals surface area contributed by atoms with E-state index in [1.165, 1.54) is 22.4 Å². The van der Waals surface area contributed by atoms with Crippen molar-refractivity contribution in [2.75, 3.05) is 31.1 Å². The zero-order valence-electron chi connectivity index (χ0n) is 15.5. The van der Waals surface area contributed by atoms with Crippen LogP contribution in [-0.4, -0.2) is 46.9 Å². The Morgan fingerprint density at radius 3 is 2.64 bits per heavy atom. The summed E-state index contributed by atoms with van der Waals surface area (Å²) < 4.78 is 1.18. The van der Waals surface area contributed by atoms with Gasteiger partial charge in [-0.15, -0.1) is 0 Å². The van der Waals surface area contributed by atoms with E-state index in [2.05, 4.69) is 30.0 Å². The van der Waals surface area contributed by atoms with Crippen LogP contribution in [0.4, 0.5) is 10.8 Å². The van der Waals surface area contributed by atoms with Crippen LogP contribution in [-0.2, 0) is 6.42 Å². The molecule has 0 saturated carbocycles. The van der Waals surface area contributed by atoms with Gasteiger partial charge in [-0.1, -0.05) is 36.5 Å². The van der Waals surface area contributed by atoms with Crippen molar-refractivity contribution < 1.29 is 9.72 Å². The number of anilines is 1. The fourth-order valence-electron chi connectivity index (χ4n) is 3.45. The Hall–Kier alpha value is -3.00. The van der Waals surface area contributed by atoms with E-state index in [0.717, 1.165) is 17.1 Å². The van der Waals surface area contributed by atoms with E-state index in [4.69, 9.17) is 4.98 Å². The van der Waals surface area contributed by atoms with E-state index in [-0.39, 0.29) is 11.6 Å². The van der Waals surface area contributed by atoms with Crippen molar-refractivity contribution in [2.24, 2.45) is 0 Å². The van der Waals surface area contributed by atoms with E-state index >= 15 is 0 Å². The third-order valence-electron chi connectivity index (χ3n) is 5.01. The summed E-state index contributed by atoms with van der Waals surface area (Å²) in [5.41, 5.74) is 2.61. The van der Waals surface area contributed by atoms with E-state index in [0.29, 0.717) is 31.7 Å². The van der Waals surface area contributed by atoms with Crippen molar-refractivity contribution in [1.82, 2.24) is 9.88 Å². The number of benzene rings is 2. The van der Waals surface area contributed by atoms with Crippen LogP contribution in [0.1, 0.15) is 22.8 Å². The Kier molecular flexibility index (Phi) is 4.95. The molecule has 1 aliphatic rings. The zero-order valence-corrected chi connectivity index (χ0v) is 16.3. The second kappa shape index (κ2) is 7.55. The number of hydrogen-bond acceptors (Lipinski definition) is 6. The van der Waals surface area contributed by atoms with Crippen LogP contribution in [0.3, 0.4) is 0 Å². The second-order valence-corrected chi connectivity index (χ2v) is 7.71. The molecule has 1 amide bonds. The summed E-state index contributed by atoms with van der Waals surface area (Å²) in [6, 6.07) is 12.2. The minimum atomic E-state index is -0.480. The molecular weight excluding hydrogens is 376 g/mol. The first-order chi connectivity index (χ1) is 13.6. The summed E-state index contributed by atoms with van der Waals surface area (Å²) in [5, 5.41) is 11.9. The molecule has 0 radical (unpaired) electrons. The number of piperazine rings is 1. The first-order valence-electron chi connectivity index (χ1n) is 9.24. The number of carbonyl (C=O) groups excluding carboxylic acids is 1. The third kappa shape index (κ3) is 3.43. The summed E-state index contributed by atoms with van der Waals surface area (Å²) in [4.78, 5) is 32.0. The molecule has 0 unspecified atom stereocenters. The maximum Gasteiger partial charge on any atom is 0.270 e. The molecule has 0 spiro atoms. The molecule has 3 aromatic rings. The highest BCUT2D eigenvalue weighted by Gasteiger charge is 2.25. The first-order valence-corrected chi connectivity index (χ1v) is 10.1. The quantitative estimate of drug-likeness (QED) is 0.496. The number of amides is 1. The minimum Gasteiger partial charge on any atom is -0.345 e. The van der Waals surface area contributed by atoms with Gasteiger partial charge in [0.25, 0.3) is 11.6 Å². The van der Waals surface area contributed by atoms with E-state index in [9.17, 15) is 14.9 Å². The van der Waals surface area contributed by atoms with Crippen LogP contribution in [0.2, 0.25) is 0 Å². The third-order valence-corrected chi connectivity index (χ3v) is 6.09. The van der Waals surface area contributed by atoms with Crippen molar-refractivity contribution >= 4 is 38.3 Å². The summed E-state index contributed by atoms with van der Waals surface area (Å²) in [6.07, 6.45) is 0.950. The van der Waals surface area contributed by atoms with Gasteiger partial charge in [0.15, 0.2) is 5.13 Å². The summed E-state index contributed by atoms with van der Waals surface area (Å²) >= 11 is 1.68. The number of nitro groups is 1. The van der Waals surface area contributed by atoms with Crippen LogP contribution < -0.4 is 4.90 Å².